The number of aromatic nitrogens is 2. The zero-order valence-corrected chi connectivity index (χ0v) is 8.58. The normalized spacial score (nSPS) is 12.5. The number of hydrogen-bond donors (Lipinski definition) is 0. The van der Waals surface area contributed by atoms with Gasteiger partial charge in [-0.15, -0.1) is 0 Å². The van der Waals surface area contributed by atoms with Crippen LogP contribution < -0.4 is 4.74 Å². The number of rotatable bonds is 4. The van der Waals surface area contributed by atoms with Gasteiger partial charge in [0.15, 0.2) is 5.15 Å². The highest BCUT2D eigenvalue weighted by Crippen LogP contribution is 2.19. The predicted octanol–water partition coefficient (Wildman–Crippen LogP) is 2.70. The minimum absolute atomic E-state index is 0.138. The summed E-state index contributed by atoms with van der Waals surface area (Å²) in [6.07, 6.45) is 5.32. The highest BCUT2D eigenvalue weighted by Gasteiger charge is 2.07. The van der Waals surface area contributed by atoms with Crippen LogP contribution in [0.2, 0.25) is 5.15 Å². The number of hydrogen-bond acceptors (Lipinski definition) is 3. The largest absolute Gasteiger partial charge is 0.472 e. The van der Waals surface area contributed by atoms with Crippen LogP contribution in [-0.4, -0.2) is 16.1 Å². The minimum atomic E-state index is 0.138. The molecule has 0 N–H and O–H groups in total. The summed E-state index contributed by atoms with van der Waals surface area (Å²) in [4.78, 5) is 7.85. The topological polar surface area (TPSA) is 35.0 Å². The molecule has 0 saturated carbocycles. The Hall–Kier alpha value is -0.830. The van der Waals surface area contributed by atoms with Gasteiger partial charge in [-0.25, -0.2) is 9.97 Å². The summed E-state index contributed by atoms with van der Waals surface area (Å²) >= 11 is 5.77. The summed E-state index contributed by atoms with van der Waals surface area (Å²) in [7, 11) is 0. The number of ether oxygens (including phenoxy) is 1. The molecular formula is C9H13ClN2O. The Bertz CT molecular complexity index is 268. The van der Waals surface area contributed by atoms with E-state index in [2.05, 4.69) is 16.9 Å². The molecule has 0 aliphatic heterocycles. The first-order valence-electron chi connectivity index (χ1n) is 4.37. The lowest BCUT2D eigenvalue weighted by Crippen LogP contribution is -2.12. The maximum absolute atomic E-state index is 5.77. The average molecular weight is 201 g/mol. The zero-order valence-electron chi connectivity index (χ0n) is 7.83. The molecule has 4 heteroatoms. The first-order chi connectivity index (χ1) is 6.24. The summed E-state index contributed by atoms with van der Waals surface area (Å²) < 4.78 is 5.48. The average Bonchev–Trinajstić information content (AvgIpc) is 2.09. The number of nitrogens with zero attached hydrogens (tertiary/aromatic N) is 2. The van der Waals surface area contributed by atoms with Gasteiger partial charge in [-0.3, -0.25) is 0 Å². The summed E-state index contributed by atoms with van der Waals surface area (Å²) in [5, 5.41) is 0.324. The van der Waals surface area contributed by atoms with E-state index in [-0.39, 0.29) is 6.10 Å². The Labute approximate surface area is 83.1 Å². The van der Waals surface area contributed by atoms with Crippen molar-refractivity contribution in [2.24, 2.45) is 0 Å². The molecule has 0 amide bonds. The van der Waals surface area contributed by atoms with Crippen LogP contribution in [0.5, 0.6) is 5.88 Å². The van der Waals surface area contributed by atoms with Crippen molar-refractivity contribution in [3.8, 4) is 5.88 Å². The SMILES string of the molecule is CCCC(C)Oc1nccnc1Cl. The fourth-order valence-corrected chi connectivity index (χ4v) is 1.19. The monoisotopic (exact) mass is 200 g/mol. The van der Waals surface area contributed by atoms with Crippen molar-refractivity contribution in [1.82, 2.24) is 9.97 Å². The van der Waals surface area contributed by atoms with Crippen LogP contribution >= 0.6 is 11.6 Å². The molecule has 1 unspecified atom stereocenters. The molecule has 0 bridgehead atoms. The van der Waals surface area contributed by atoms with Crippen LogP contribution in [0.4, 0.5) is 0 Å². The van der Waals surface area contributed by atoms with Gasteiger partial charge in [-0.05, 0) is 13.3 Å². The predicted molar refractivity (Wildman–Crippen MR) is 52.0 cm³/mol. The van der Waals surface area contributed by atoms with Gasteiger partial charge in [0.1, 0.15) is 0 Å². The third kappa shape index (κ3) is 3.19. The van der Waals surface area contributed by atoms with Crippen molar-refractivity contribution < 1.29 is 4.74 Å². The van der Waals surface area contributed by atoms with Gasteiger partial charge in [-0.2, -0.15) is 0 Å². The molecular weight excluding hydrogens is 188 g/mol. The molecule has 0 fully saturated rings. The van der Waals surface area contributed by atoms with Crippen molar-refractivity contribution in [1.29, 1.82) is 0 Å². The van der Waals surface area contributed by atoms with Crippen molar-refractivity contribution in [2.75, 3.05) is 0 Å². The van der Waals surface area contributed by atoms with Gasteiger partial charge in [-0.1, -0.05) is 24.9 Å². The van der Waals surface area contributed by atoms with Crippen LogP contribution in [0.25, 0.3) is 0 Å². The molecule has 0 aliphatic rings. The minimum Gasteiger partial charge on any atom is -0.472 e. The van der Waals surface area contributed by atoms with Crippen LogP contribution in [0.1, 0.15) is 26.7 Å². The van der Waals surface area contributed by atoms with E-state index in [4.69, 9.17) is 16.3 Å². The summed E-state index contributed by atoms with van der Waals surface area (Å²) in [5.41, 5.74) is 0. The van der Waals surface area contributed by atoms with E-state index in [1.807, 2.05) is 6.92 Å². The zero-order chi connectivity index (χ0) is 9.68. The van der Waals surface area contributed by atoms with Gasteiger partial charge in [0.25, 0.3) is 5.88 Å². The number of halogens is 1. The van der Waals surface area contributed by atoms with Gasteiger partial charge < -0.3 is 4.74 Å². The third-order valence-electron chi connectivity index (χ3n) is 1.63. The van der Waals surface area contributed by atoms with Gasteiger partial charge >= 0.3 is 0 Å². The second-order valence-electron chi connectivity index (χ2n) is 2.87. The molecule has 1 atom stereocenters. The van der Waals surface area contributed by atoms with Gasteiger partial charge in [0, 0.05) is 12.4 Å². The maximum atomic E-state index is 5.77. The molecule has 13 heavy (non-hydrogen) atoms. The van der Waals surface area contributed by atoms with Crippen LogP contribution in [0.3, 0.4) is 0 Å². The summed E-state index contributed by atoms with van der Waals surface area (Å²) in [6.45, 7) is 4.10. The van der Waals surface area contributed by atoms with E-state index in [0.717, 1.165) is 12.8 Å². The smallest absolute Gasteiger partial charge is 0.252 e. The van der Waals surface area contributed by atoms with Crippen LogP contribution in [-0.2, 0) is 0 Å². The van der Waals surface area contributed by atoms with Crippen molar-refractivity contribution in [3.63, 3.8) is 0 Å². The lowest BCUT2D eigenvalue weighted by Gasteiger charge is -2.12. The van der Waals surface area contributed by atoms with Crippen molar-refractivity contribution >= 4 is 11.6 Å². The van der Waals surface area contributed by atoms with Crippen molar-refractivity contribution in [2.45, 2.75) is 32.8 Å². The van der Waals surface area contributed by atoms with Crippen molar-refractivity contribution in [3.05, 3.63) is 17.5 Å². The van der Waals surface area contributed by atoms with E-state index in [9.17, 15) is 0 Å². The molecule has 1 rings (SSSR count). The Balaban J connectivity index is 2.58. The Morgan fingerprint density at radius 3 is 2.77 bits per heavy atom. The van der Waals surface area contributed by atoms with E-state index >= 15 is 0 Å². The molecule has 0 aliphatic carbocycles. The van der Waals surface area contributed by atoms with E-state index in [1.165, 1.54) is 0 Å². The molecule has 0 aromatic carbocycles. The Morgan fingerprint density at radius 2 is 2.15 bits per heavy atom. The first kappa shape index (κ1) is 10.3. The molecule has 1 heterocycles. The molecule has 1 aromatic rings. The maximum Gasteiger partial charge on any atom is 0.252 e. The summed E-state index contributed by atoms with van der Waals surface area (Å²) in [5.74, 6) is 0.421. The second kappa shape index (κ2) is 5.02. The molecule has 72 valence electrons. The first-order valence-corrected chi connectivity index (χ1v) is 4.75. The fraction of sp³-hybridized carbons (Fsp3) is 0.556. The Morgan fingerprint density at radius 1 is 1.46 bits per heavy atom. The molecule has 0 spiro atoms. The van der Waals surface area contributed by atoms with Gasteiger partial charge in [0.2, 0.25) is 0 Å². The second-order valence-corrected chi connectivity index (χ2v) is 3.23. The molecule has 1 aromatic heterocycles. The lowest BCUT2D eigenvalue weighted by atomic mass is 10.2. The highest BCUT2D eigenvalue weighted by molar-refractivity contribution is 6.30. The Kier molecular flexibility index (Phi) is 3.96. The molecule has 0 radical (unpaired) electrons. The fourth-order valence-electron chi connectivity index (χ4n) is 1.04. The van der Waals surface area contributed by atoms with E-state index in [0.29, 0.717) is 11.0 Å². The van der Waals surface area contributed by atoms with E-state index < -0.39 is 0 Å². The van der Waals surface area contributed by atoms with Crippen LogP contribution in [0.15, 0.2) is 12.4 Å². The molecule has 3 nitrogen and oxygen atoms in total. The summed E-state index contributed by atoms with van der Waals surface area (Å²) in [6, 6.07) is 0. The van der Waals surface area contributed by atoms with E-state index in [1.54, 1.807) is 12.4 Å². The molecule has 0 saturated heterocycles. The third-order valence-corrected chi connectivity index (χ3v) is 1.89. The highest BCUT2D eigenvalue weighted by atomic mass is 35.5. The lowest BCUT2D eigenvalue weighted by molar-refractivity contribution is 0.201. The quantitative estimate of drug-likeness (QED) is 0.750. The standard InChI is InChI=1S/C9H13ClN2O/c1-3-4-7(2)13-9-8(10)11-5-6-12-9/h5-7H,3-4H2,1-2H3. The van der Waals surface area contributed by atoms with Crippen LogP contribution in [0, 0.1) is 0 Å². The van der Waals surface area contributed by atoms with Gasteiger partial charge in [0.05, 0.1) is 6.10 Å².